The molecule has 7 nitrogen and oxygen atoms in total. The average molecular weight is 425 g/mol. The standard InChI is InChI=1S/C24H27NO6/c1-16-6-7-18(24(27)28-2)14-21(16)31-15-23(26)25-10-3-5-19(25)17-8-9-20-22(13-17)30-12-4-11-29-20/h6-9,13-14,19H,3-5,10-12,15H2,1-2H3. The normalized spacial score (nSPS) is 17.7. The van der Waals surface area contributed by atoms with Crippen LogP contribution in [-0.2, 0) is 9.53 Å². The third kappa shape index (κ3) is 4.60. The van der Waals surface area contributed by atoms with Crippen molar-refractivity contribution in [3.8, 4) is 17.2 Å². The minimum Gasteiger partial charge on any atom is -0.490 e. The molecule has 0 bridgehead atoms. The Morgan fingerprint density at radius 1 is 1.06 bits per heavy atom. The van der Waals surface area contributed by atoms with E-state index in [1.807, 2.05) is 30.0 Å². The van der Waals surface area contributed by atoms with Gasteiger partial charge in [0.2, 0.25) is 0 Å². The molecule has 0 aromatic heterocycles. The van der Waals surface area contributed by atoms with Crippen molar-refractivity contribution in [1.82, 2.24) is 4.90 Å². The van der Waals surface area contributed by atoms with E-state index in [2.05, 4.69) is 0 Å². The van der Waals surface area contributed by atoms with Gasteiger partial charge in [0.15, 0.2) is 18.1 Å². The van der Waals surface area contributed by atoms with Crippen molar-refractivity contribution < 1.29 is 28.5 Å². The van der Waals surface area contributed by atoms with Crippen LogP contribution in [0.1, 0.15) is 46.8 Å². The van der Waals surface area contributed by atoms with E-state index >= 15 is 0 Å². The van der Waals surface area contributed by atoms with Crippen molar-refractivity contribution in [3.05, 3.63) is 53.1 Å². The van der Waals surface area contributed by atoms with E-state index in [1.54, 1.807) is 18.2 Å². The van der Waals surface area contributed by atoms with Gasteiger partial charge in [-0.05, 0) is 55.2 Å². The molecule has 1 saturated heterocycles. The van der Waals surface area contributed by atoms with Gasteiger partial charge in [-0.1, -0.05) is 12.1 Å². The fourth-order valence-corrected chi connectivity index (χ4v) is 4.02. The van der Waals surface area contributed by atoms with Crippen LogP contribution < -0.4 is 14.2 Å². The first-order valence-corrected chi connectivity index (χ1v) is 10.6. The summed E-state index contributed by atoms with van der Waals surface area (Å²) in [5, 5.41) is 0. The van der Waals surface area contributed by atoms with Gasteiger partial charge >= 0.3 is 5.97 Å². The molecule has 0 saturated carbocycles. The number of carbonyl (C=O) groups is 2. The number of rotatable bonds is 5. The second-order valence-corrected chi connectivity index (χ2v) is 7.76. The largest absolute Gasteiger partial charge is 0.490 e. The van der Waals surface area contributed by atoms with Gasteiger partial charge in [-0.15, -0.1) is 0 Å². The molecule has 0 N–H and O–H groups in total. The number of benzene rings is 2. The molecule has 1 atom stereocenters. The van der Waals surface area contributed by atoms with Gasteiger partial charge in [-0.25, -0.2) is 4.79 Å². The van der Waals surface area contributed by atoms with Crippen molar-refractivity contribution in [2.45, 2.75) is 32.2 Å². The summed E-state index contributed by atoms with van der Waals surface area (Å²) < 4.78 is 22.1. The summed E-state index contributed by atoms with van der Waals surface area (Å²) in [4.78, 5) is 26.6. The predicted molar refractivity (Wildman–Crippen MR) is 114 cm³/mol. The maximum atomic E-state index is 13.0. The Bertz CT molecular complexity index is 973. The molecule has 0 radical (unpaired) electrons. The van der Waals surface area contributed by atoms with Gasteiger partial charge < -0.3 is 23.8 Å². The zero-order valence-corrected chi connectivity index (χ0v) is 17.9. The third-order valence-electron chi connectivity index (χ3n) is 5.69. The molecule has 31 heavy (non-hydrogen) atoms. The Morgan fingerprint density at radius 3 is 2.68 bits per heavy atom. The van der Waals surface area contributed by atoms with Crippen LogP contribution in [0.2, 0.25) is 0 Å². The number of nitrogens with zero attached hydrogens (tertiary/aromatic N) is 1. The van der Waals surface area contributed by atoms with Crippen molar-refractivity contribution in [2.75, 3.05) is 33.5 Å². The maximum absolute atomic E-state index is 13.0. The van der Waals surface area contributed by atoms with Gasteiger partial charge in [0, 0.05) is 13.0 Å². The summed E-state index contributed by atoms with van der Waals surface area (Å²) >= 11 is 0. The van der Waals surface area contributed by atoms with Crippen LogP contribution in [0.3, 0.4) is 0 Å². The van der Waals surface area contributed by atoms with Gasteiger partial charge in [0.1, 0.15) is 5.75 Å². The smallest absolute Gasteiger partial charge is 0.337 e. The molecule has 1 amide bonds. The maximum Gasteiger partial charge on any atom is 0.337 e. The number of hydrogen-bond acceptors (Lipinski definition) is 6. The van der Waals surface area contributed by atoms with E-state index in [-0.39, 0.29) is 18.6 Å². The van der Waals surface area contributed by atoms with Crippen LogP contribution in [0.4, 0.5) is 0 Å². The molecule has 2 aromatic rings. The molecule has 1 fully saturated rings. The van der Waals surface area contributed by atoms with Crippen molar-refractivity contribution >= 4 is 11.9 Å². The monoisotopic (exact) mass is 425 g/mol. The molecule has 2 aromatic carbocycles. The highest BCUT2D eigenvalue weighted by Gasteiger charge is 2.31. The Hall–Kier alpha value is -3.22. The predicted octanol–water partition coefficient (Wildman–Crippen LogP) is 3.69. The lowest BCUT2D eigenvalue weighted by Gasteiger charge is -2.26. The number of hydrogen-bond donors (Lipinski definition) is 0. The molecule has 2 aliphatic heterocycles. The molecule has 0 spiro atoms. The summed E-state index contributed by atoms with van der Waals surface area (Å²) in [6, 6.07) is 11.0. The summed E-state index contributed by atoms with van der Waals surface area (Å²) in [6.07, 6.45) is 2.68. The SMILES string of the molecule is COC(=O)c1ccc(C)c(OCC(=O)N2CCCC2c2ccc3c(c2)OCCCO3)c1. The van der Waals surface area contributed by atoms with Crippen LogP contribution in [0, 0.1) is 6.92 Å². The highest BCUT2D eigenvalue weighted by molar-refractivity contribution is 5.90. The Kier molecular flexibility index (Phi) is 6.30. The average Bonchev–Trinajstić information content (AvgIpc) is 3.16. The van der Waals surface area contributed by atoms with Crippen LogP contribution in [-0.4, -0.2) is 50.3 Å². The van der Waals surface area contributed by atoms with E-state index in [0.29, 0.717) is 31.1 Å². The summed E-state index contributed by atoms with van der Waals surface area (Å²) in [6.45, 7) is 3.74. The highest BCUT2D eigenvalue weighted by atomic mass is 16.5. The first kappa shape index (κ1) is 21.0. The van der Waals surface area contributed by atoms with Gasteiger partial charge in [0.05, 0.1) is 31.9 Å². The zero-order chi connectivity index (χ0) is 21.8. The van der Waals surface area contributed by atoms with Gasteiger partial charge in [-0.3, -0.25) is 4.79 Å². The number of carbonyl (C=O) groups excluding carboxylic acids is 2. The van der Waals surface area contributed by atoms with E-state index in [4.69, 9.17) is 18.9 Å². The number of likely N-dealkylation sites (tertiary alicyclic amines) is 1. The minimum absolute atomic E-state index is 0.0178. The molecule has 2 heterocycles. The lowest BCUT2D eigenvalue weighted by molar-refractivity contribution is -0.134. The summed E-state index contributed by atoms with van der Waals surface area (Å²) in [7, 11) is 1.33. The summed E-state index contributed by atoms with van der Waals surface area (Å²) in [5.41, 5.74) is 2.28. The van der Waals surface area contributed by atoms with Crippen molar-refractivity contribution in [2.24, 2.45) is 0 Å². The topological polar surface area (TPSA) is 74.3 Å². The van der Waals surface area contributed by atoms with Crippen LogP contribution in [0.5, 0.6) is 17.2 Å². The Labute approximate surface area is 181 Å². The fraction of sp³-hybridized carbons (Fsp3) is 0.417. The first-order valence-electron chi connectivity index (χ1n) is 10.6. The van der Waals surface area contributed by atoms with E-state index in [0.717, 1.165) is 41.9 Å². The molecular formula is C24H27NO6. The van der Waals surface area contributed by atoms with Crippen LogP contribution in [0.15, 0.2) is 36.4 Å². The molecule has 0 aliphatic carbocycles. The Morgan fingerprint density at radius 2 is 1.87 bits per heavy atom. The van der Waals surface area contributed by atoms with Gasteiger partial charge in [-0.2, -0.15) is 0 Å². The number of fused-ring (bicyclic) bond motifs is 1. The second-order valence-electron chi connectivity index (χ2n) is 7.76. The molecule has 1 unspecified atom stereocenters. The highest BCUT2D eigenvalue weighted by Crippen LogP contribution is 2.38. The van der Waals surface area contributed by atoms with Crippen molar-refractivity contribution in [3.63, 3.8) is 0 Å². The number of ether oxygens (including phenoxy) is 4. The summed E-state index contributed by atoms with van der Waals surface area (Å²) in [5.74, 6) is 1.47. The van der Waals surface area contributed by atoms with Crippen LogP contribution >= 0.6 is 0 Å². The number of esters is 1. The Balaban J connectivity index is 1.45. The molecule has 164 valence electrons. The third-order valence-corrected chi connectivity index (χ3v) is 5.69. The molecule has 4 rings (SSSR count). The van der Waals surface area contributed by atoms with E-state index in [1.165, 1.54) is 7.11 Å². The van der Waals surface area contributed by atoms with Gasteiger partial charge in [0.25, 0.3) is 5.91 Å². The lowest BCUT2D eigenvalue weighted by atomic mass is 10.0. The quantitative estimate of drug-likeness (QED) is 0.681. The van der Waals surface area contributed by atoms with E-state index < -0.39 is 5.97 Å². The first-order chi connectivity index (χ1) is 15.1. The fourth-order valence-electron chi connectivity index (χ4n) is 4.02. The lowest BCUT2D eigenvalue weighted by Crippen LogP contribution is -2.34. The number of methoxy groups -OCH3 is 1. The van der Waals surface area contributed by atoms with E-state index in [9.17, 15) is 9.59 Å². The number of aryl methyl sites for hydroxylation is 1. The zero-order valence-electron chi connectivity index (χ0n) is 17.9. The van der Waals surface area contributed by atoms with Crippen molar-refractivity contribution in [1.29, 1.82) is 0 Å². The molecule has 2 aliphatic rings. The minimum atomic E-state index is -0.440. The molecular weight excluding hydrogens is 398 g/mol. The van der Waals surface area contributed by atoms with Crippen LogP contribution in [0.25, 0.3) is 0 Å². The number of amides is 1. The second kappa shape index (κ2) is 9.29. The molecule has 7 heteroatoms.